The van der Waals surface area contributed by atoms with Gasteiger partial charge in [-0.25, -0.2) is 4.79 Å². The first kappa shape index (κ1) is 15.9. The van der Waals surface area contributed by atoms with E-state index >= 15 is 0 Å². The Morgan fingerprint density at radius 2 is 1.96 bits per heavy atom. The van der Waals surface area contributed by atoms with Crippen LogP contribution in [0.15, 0.2) is 18.2 Å². The second-order valence-corrected chi connectivity index (χ2v) is 8.26. The van der Waals surface area contributed by atoms with Crippen LogP contribution >= 0.6 is 0 Å². The lowest BCUT2D eigenvalue weighted by atomic mass is 9.74. The fourth-order valence-electron chi connectivity index (χ4n) is 4.47. The first-order valence-electron chi connectivity index (χ1n) is 9.42. The maximum atomic E-state index is 12.7. The molecule has 0 radical (unpaired) electrons. The smallest absolute Gasteiger partial charge is 0.322 e. The van der Waals surface area contributed by atoms with Crippen molar-refractivity contribution in [2.45, 2.75) is 64.0 Å². The van der Waals surface area contributed by atoms with Crippen LogP contribution in [0.4, 0.5) is 10.5 Å². The van der Waals surface area contributed by atoms with Crippen molar-refractivity contribution >= 4 is 11.7 Å². The molecule has 1 N–H and O–H groups in total. The highest BCUT2D eigenvalue weighted by molar-refractivity contribution is 5.95. The number of hydrogen-bond acceptors (Lipinski definition) is 2. The molecule has 2 fully saturated rings. The third-order valence-electron chi connectivity index (χ3n) is 5.95. The molecule has 4 rings (SSSR count). The lowest BCUT2D eigenvalue weighted by Gasteiger charge is -2.40. The lowest BCUT2D eigenvalue weighted by molar-refractivity contribution is 0.159. The standard InChI is InChI=1S/C20H29N3O/c1-14(2)21-19(24)23-13-20(17-12-15(3)4-7-18(17)23)8-10-22(11-9-20)16-5-6-16/h4,7,12,14,16H,5-6,8-11,13H2,1-3H3,(H,21,24). The number of nitrogens with one attached hydrogen (secondary N) is 1. The van der Waals surface area contributed by atoms with E-state index in [0.717, 1.165) is 18.3 Å². The van der Waals surface area contributed by atoms with E-state index in [9.17, 15) is 4.79 Å². The van der Waals surface area contributed by atoms with E-state index in [1.54, 1.807) is 0 Å². The minimum absolute atomic E-state index is 0.0524. The molecule has 1 spiro atoms. The van der Waals surface area contributed by atoms with Gasteiger partial charge in [0.15, 0.2) is 0 Å². The van der Waals surface area contributed by atoms with Crippen LogP contribution in [0.2, 0.25) is 0 Å². The van der Waals surface area contributed by atoms with Crippen molar-refractivity contribution in [1.82, 2.24) is 10.2 Å². The van der Waals surface area contributed by atoms with E-state index in [2.05, 4.69) is 35.3 Å². The lowest BCUT2D eigenvalue weighted by Crippen LogP contribution is -2.49. The van der Waals surface area contributed by atoms with Gasteiger partial charge in [-0.3, -0.25) is 4.90 Å². The molecule has 3 aliphatic rings. The predicted molar refractivity (Wildman–Crippen MR) is 97.7 cm³/mol. The fourth-order valence-corrected chi connectivity index (χ4v) is 4.47. The van der Waals surface area contributed by atoms with Gasteiger partial charge in [0.25, 0.3) is 0 Å². The Morgan fingerprint density at radius 3 is 2.58 bits per heavy atom. The van der Waals surface area contributed by atoms with E-state index in [1.165, 1.54) is 49.9 Å². The Labute approximate surface area is 145 Å². The second-order valence-electron chi connectivity index (χ2n) is 8.26. The molecule has 130 valence electrons. The zero-order chi connectivity index (χ0) is 16.9. The Bertz CT molecular complexity index is 642. The molecule has 0 bridgehead atoms. The zero-order valence-corrected chi connectivity index (χ0v) is 15.1. The summed E-state index contributed by atoms with van der Waals surface area (Å²) in [5.74, 6) is 0. The Morgan fingerprint density at radius 1 is 1.25 bits per heavy atom. The number of carbonyl (C=O) groups excluding carboxylic acids is 1. The molecular weight excluding hydrogens is 298 g/mol. The highest BCUT2D eigenvalue weighted by Gasteiger charge is 2.47. The highest BCUT2D eigenvalue weighted by Crippen LogP contribution is 2.48. The molecule has 1 aliphatic carbocycles. The second kappa shape index (κ2) is 5.76. The van der Waals surface area contributed by atoms with Crippen LogP contribution in [0.5, 0.6) is 0 Å². The highest BCUT2D eigenvalue weighted by atomic mass is 16.2. The molecule has 2 amide bonds. The van der Waals surface area contributed by atoms with Crippen LogP contribution in [0.25, 0.3) is 0 Å². The van der Waals surface area contributed by atoms with Gasteiger partial charge in [0, 0.05) is 29.7 Å². The van der Waals surface area contributed by atoms with Gasteiger partial charge in [0.2, 0.25) is 0 Å². The number of urea groups is 1. The molecular formula is C20H29N3O. The van der Waals surface area contributed by atoms with Gasteiger partial charge < -0.3 is 10.2 Å². The van der Waals surface area contributed by atoms with Crippen LogP contribution in [-0.2, 0) is 5.41 Å². The van der Waals surface area contributed by atoms with Crippen molar-refractivity contribution in [3.63, 3.8) is 0 Å². The van der Waals surface area contributed by atoms with E-state index in [0.29, 0.717) is 0 Å². The van der Waals surface area contributed by atoms with E-state index < -0.39 is 0 Å². The first-order chi connectivity index (χ1) is 11.5. The number of anilines is 1. The third-order valence-corrected chi connectivity index (χ3v) is 5.95. The molecule has 1 aromatic rings. The van der Waals surface area contributed by atoms with E-state index in [1.807, 2.05) is 18.7 Å². The Hall–Kier alpha value is -1.55. The summed E-state index contributed by atoms with van der Waals surface area (Å²) >= 11 is 0. The van der Waals surface area contributed by atoms with Gasteiger partial charge in [0.1, 0.15) is 0 Å². The van der Waals surface area contributed by atoms with E-state index in [-0.39, 0.29) is 17.5 Å². The van der Waals surface area contributed by atoms with Crippen molar-refractivity contribution in [3.05, 3.63) is 29.3 Å². The summed E-state index contributed by atoms with van der Waals surface area (Å²) in [6.07, 6.45) is 5.11. The minimum Gasteiger partial charge on any atom is -0.336 e. The summed E-state index contributed by atoms with van der Waals surface area (Å²) in [7, 11) is 0. The number of amides is 2. The maximum Gasteiger partial charge on any atom is 0.322 e. The van der Waals surface area contributed by atoms with Crippen LogP contribution in [0.3, 0.4) is 0 Å². The van der Waals surface area contributed by atoms with Gasteiger partial charge >= 0.3 is 6.03 Å². The average Bonchev–Trinajstić information content (AvgIpc) is 3.33. The Balaban J connectivity index is 1.62. The number of carbonyl (C=O) groups is 1. The quantitative estimate of drug-likeness (QED) is 0.903. The molecule has 4 heteroatoms. The van der Waals surface area contributed by atoms with Crippen LogP contribution < -0.4 is 10.2 Å². The maximum absolute atomic E-state index is 12.7. The molecule has 24 heavy (non-hydrogen) atoms. The molecule has 2 heterocycles. The molecule has 1 saturated carbocycles. The number of hydrogen-bond donors (Lipinski definition) is 1. The number of nitrogens with zero attached hydrogens (tertiary/aromatic N) is 2. The SMILES string of the molecule is Cc1ccc2c(c1)C1(CCN(C3CC3)CC1)CN2C(=O)NC(C)C. The summed E-state index contributed by atoms with van der Waals surface area (Å²) in [5, 5.41) is 3.08. The van der Waals surface area contributed by atoms with Crippen molar-refractivity contribution in [2.75, 3.05) is 24.5 Å². The summed E-state index contributed by atoms with van der Waals surface area (Å²) in [6, 6.07) is 7.67. The fraction of sp³-hybridized carbons (Fsp3) is 0.650. The van der Waals surface area contributed by atoms with E-state index in [4.69, 9.17) is 0 Å². The molecule has 0 atom stereocenters. The van der Waals surface area contributed by atoms with Crippen molar-refractivity contribution in [1.29, 1.82) is 0 Å². The van der Waals surface area contributed by atoms with Gasteiger partial charge in [-0.1, -0.05) is 17.7 Å². The predicted octanol–water partition coefficient (Wildman–Crippen LogP) is 3.43. The number of benzene rings is 1. The molecule has 0 aromatic heterocycles. The van der Waals surface area contributed by atoms with Gasteiger partial charge in [-0.15, -0.1) is 0 Å². The number of likely N-dealkylation sites (tertiary alicyclic amines) is 1. The summed E-state index contributed by atoms with van der Waals surface area (Å²) in [6.45, 7) is 9.39. The molecule has 1 aromatic carbocycles. The van der Waals surface area contributed by atoms with Crippen LogP contribution in [0, 0.1) is 6.92 Å². The molecule has 4 nitrogen and oxygen atoms in total. The monoisotopic (exact) mass is 327 g/mol. The van der Waals surface area contributed by atoms with Crippen LogP contribution in [-0.4, -0.2) is 42.6 Å². The topological polar surface area (TPSA) is 35.6 Å². The van der Waals surface area contributed by atoms with Gasteiger partial charge in [-0.2, -0.15) is 0 Å². The van der Waals surface area contributed by atoms with Crippen molar-refractivity contribution in [3.8, 4) is 0 Å². The number of rotatable bonds is 2. The Kier molecular flexibility index (Phi) is 3.83. The van der Waals surface area contributed by atoms with Crippen LogP contribution in [0.1, 0.15) is 50.7 Å². The van der Waals surface area contributed by atoms with Crippen molar-refractivity contribution in [2.24, 2.45) is 0 Å². The number of piperidine rings is 1. The average molecular weight is 327 g/mol. The number of aryl methyl sites for hydroxylation is 1. The van der Waals surface area contributed by atoms with Gasteiger partial charge in [0.05, 0.1) is 0 Å². The zero-order valence-electron chi connectivity index (χ0n) is 15.1. The summed E-state index contributed by atoms with van der Waals surface area (Å²) in [4.78, 5) is 17.4. The third kappa shape index (κ3) is 2.71. The summed E-state index contributed by atoms with van der Waals surface area (Å²) < 4.78 is 0. The minimum atomic E-state index is 0.0524. The summed E-state index contributed by atoms with van der Waals surface area (Å²) in [5.41, 5.74) is 3.97. The first-order valence-corrected chi connectivity index (χ1v) is 9.42. The normalized spacial score (nSPS) is 22.9. The van der Waals surface area contributed by atoms with Crippen molar-refractivity contribution < 1.29 is 4.79 Å². The number of fused-ring (bicyclic) bond motifs is 2. The largest absolute Gasteiger partial charge is 0.336 e. The van der Waals surface area contributed by atoms with Gasteiger partial charge in [-0.05, 0) is 71.2 Å². The molecule has 0 unspecified atom stereocenters. The molecule has 1 saturated heterocycles. The molecule has 2 aliphatic heterocycles.